The second kappa shape index (κ2) is 12.6. The lowest BCUT2D eigenvalue weighted by atomic mass is 10.0. The molecule has 0 aliphatic heterocycles. The maximum absolute atomic E-state index is 13.9. The van der Waals surface area contributed by atoms with Gasteiger partial charge in [-0.05, 0) is 66.5 Å². The fourth-order valence-electron chi connectivity index (χ4n) is 2.92. The topological polar surface area (TPSA) is 0 Å². The van der Waals surface area contributed by atoms with Gasteiger partial charge in [0.1, 0.15) is 0 Å². The van der Waals surface area contributed by atoms with Crippen molar-refractivity contribution in [2.75, 3.05) is 0 Å². The number of hydrogen-bond donors (Lipinski definition) is 0. The highest BCUT2D eigenvalue weighted by molar-refractivity contribution is 5.45. The van der Waals surface area contributed by atoms with Crippen LogP contribution in [0.25, 0.3) is 0 Å². The molecule has 0 aromatic heterocycles. The maximum Gasteiger partial charge on any atom is 0.217 e. The number of hydrogen-bond acceptors (Lipinski definition) is 0. The predicted molar refractivity (Wildman–Crippen MR) is 118 cm³/mol. The molecule has 29 heavy (non-hydrogen) atoms. The number of unbranched alkanes of at least 4 members (excludes halogenated alkanes) is 3. The van der Waals surface area contributed by atoms with Crippen molar-refractivity contribution >= 4 is 0 Å². The molecule has 0 N–H and O–H groups in total. The van der Waals surface area contributed by atoms with E-state index in [1.807, 2.05) is 48.5 Å². The zero-order valence-corrected chi connectivity index (χ0v) is 17.3. The van der Waals surface area contributed by atoms with Crippen LogP contribution >= 0.6 is 0 Å². The summed E-state index contributed by atoms with van der Waals surface area (Å²) in [4.78, 5) is 0. The fraction of sp³-hybridized carbons (Fsp3) is 0.333. The van der Waals surface area contributed by atoms with E-state index < -0.39 is 11.7 Å². The SMILES string of the molecule is CCCCCCc1ccc(C#C/C(F)=C(\F)C#Cc2ccc(CCC)cc2)cc1. The summed E-state index contributed by atoms with van der Waals surface area (Å²) in [6.45, 7) is 4.31. The number of allylic oxidation sites excluding steroid dienone is 2. The quantitative estimate of drug-likeness (QED) is 0.343. The Labute approximate surface area is 174 Å². The van der Waals surface area contributed by atoms with Gasteiger partial charge in [0.2, 0.25) is 11.7 Å². The van der Waals surface area contributed by atoms with Crippen molar-refractivity contribution in [3.8, 4) is 23.7 Å². The molecule has 0 spiro atoms. The van der Waals surface area contributed by atoms with Crippen LogP contribution in [0.4, 0.5) is 8.78 Å². The molecule has 0 aliphatic rings. The van der Waals surface area contributed by atoms with E-state index in [-0.39, 0.29) is 0 Å². The molecule has 0 saturated carbocycles. The molecule has 0 heterocycles. The molecule has 0 fully saturated rings. The van der Waals surface area contributed by atoms with Crippen LogP contribution in [-0.4, -0.2) is 0 Å². The van der Waals surface area contributed by atoms with Gasteiger partial charge in [-0.1, -0.05) is 75.6 Å². The Hall–Kier alpha value is -2.84. The number of benzene rings is 2. The van der Waals surface area contributed by atoms with Crippen molar-refractivity contribution in [2.45, 2.75) is 58.8 Å². The van der Waals surface area contributed by atoms with Gasteiger partial charge >= 0.3 is 0 Å². The third-order valence-electron chi connectivity index (χ3n) is 4.59. The van der Waals surface area contributed by atoms with E-state index in [1.54, 1.807) is 0 Å². The van der Waals surface area contributed by atoms with E-state index in [0.717, 1.165) is 19.3 Å². The Kier molecular flexibility index (Phi) is 9.74. The normalized spacial score (nSPS) is 11.0. The largest absolute Gasteiger partial charge is 0.217 e. The molecule has 0 amide bonds. The lowest BCUT2D eigenvalue weighted by Crippen LogP contribution is -1.86. The van der Waals surface area contributed by atoms with Crippen LogP contribution in [0.2, 0.25) is 0 Å². The number of aryl methyl sites for hydroxylation is 2. The molecule has 0 bridgehead atoms. The minimum atomic E-state index is -1.14. The molecule has 0 unspecified atom stereocenters. The van der Waals surface area contributed by atoms with Crippen LogP contribution in [0.5, 0.6) is 0 Å². The highest BCUT2D eigenvalue weighted by Crippen LogP contribution is 2.11. The zero-order valence-electron chi connectivity index (χ0n) is 17.3. The van der Waals surface area contributed by atoms with Crippen molar-refractivity contribution in [1.82, 2.24) is 0 Å². The summed E-state index contributed by atoms with van der Waals surface area (Å²) < 4.78 is 27.8. The fourth-order valence-corrected chi connectivity index (χ4v) is 2.92. The average molecular weight is 391 g/mol. The smallest absolute Gasteiger partial charge is 0.193 e. The minimum absolute atomic E-state index is 0.648. The highest BCUT2D eigenvalue weighted by atomic mass is 19.2. The van der Waals surface area contributed by atoms with Crippen LogP contribution in [0.3, 0.4) is 0 Å². The lowest BCUT2D eigenvalue weighted by molar-refractivity contribution is 0.584. The maximum atomic E-state index is 13.9. The first kappa shape index (κ1) is 22.4. The molecule has 0 radical (unpaired) electrons. The van der Waals surface area contributed by atoms with Gasteiger partial charge in [0.15, 0.2) is 0 Å². The number of halogens is 2. The average Bonchev–Trinajstić information content (AvgIpc) is 2.75. The van der Waals surface area contributed by atoms with Gasteiger partial charge in [-0.2, -0.15) is 8.78 Å². The summed E-state index contributed by atoms with van der Waals surface area (Å²) in [7, 11) is 0. The van der Waals surface area contributed by atoms with Crippen molar-refractivity contribution in [3.05, 3.63) is 82.4 Å². The summed E-state index contributed by atoms with van der Waals surface area (Å²) in [5, 5.41) is 0. The molecular formula is C27H28F2. The standard InChI is InChI=1S/C27H28F2/c1-3-5-6-7-9-23-12-16-25(17-13-23)19-21-27(29)26(28)20-18-24-14-10-22(8-4-2)11-15-24/h10-17H,3-9H2,1-2H3/b27-26+. The molecule has 0 atom stereocenters. The van der Waals surface area contributed by atoms with E-state index in [4.69, 9.17) is 0 Å². The molecule has 2 aromatic rings. The van der Waals surface area contributed by atoms with E-state index >= 15 is 0 Å². The molecule has 2 heteroatoms. The highest BCUT2D eigenvalue weighted by Gasteiger charge is 2.00. The van der Waals surface area contributed by atoms with E-state index in [2.05, 4.69) is 37.5 Å². The first-order chi connectivity index (χ1) is 14.1. The van der Waals surface area contributed by atoms with E-state index in [9.17, 15) is 8.78 Å². The third kappa shape index (κ3) is 8.37. The molecule has 2 rings (SSSR count). The van der Waals surface area contributed by atoms with Crippen LogP contribution in [0, 0.1) is 23.7 Å². The van der Waals surface area contributed by atoms with Crippen LogP contribution in [0.1, 0.15) is 68.2 Å². The van der Waals surface area contributed by atoms with Gasteiger partial charge in [-0.25, -0.2) is 0 Å². The van der Waals surface area contributed by atoms with Crippen molar-refractivity contribution in [3.63, 3.8) is 0 Å². The molecule has 0 aliphatic carbocycles. The first-order valence-electron chi connectivity index (χ1n) is 10.4. The molecule has 0 saturated heterocycles. The number of rotatable bonds is 7. The Morgan fingerprint density at radius 2 is 1.10 bits per heavy atom. The summed E-state index contributed by atoms with van der Waals surface area (Å²) in [6, 6.07) is 15.2. The van der Waals surface area contributed by atoms with Gasteiger partial charge in [-0.3, -0.25) is 0 Å². The van der Waals surface area contributed by atoms with Gasteiger partial charge in [0.05, 0.1) is 0 Å². The second-order valence-electron chi connectivity index (χ2n) is 7.08. The van der Waals surface area contributed by atoms with Gasteiger partial charge < -0.3 is 0 Å². The van der Waals surface area contributed by atoms with Crippen molar-refractivity contribution in [1.29, 1.82) is 0 Å². The minimum Gasteiger partial charge on any atom is -0.193 e. The molecular weight excluding hydrogens is 362 g/mol. The van der Waals surface area contributed by atoms with Gasteiger partial charge in [-0.15, -0.1) is 0 Å². The Balaban J connectivity index is 1.97. The van der Waals surface area contributed by atoms with Gasteiger partial charge in [0, 0.05) is 11.1 Å². The summed E-state index contributed by atoms with van der Waals surface area (Å²) in [5.41, 5.74) is 3.75. The summed E-state index contributed by atoms with van der Waals surface area (Å²) in [5.74, 6) is 7.46. The Morgan fingerprint density at radius 3 is 1.55 bits per heavy atom. The van der Waals surface area contributed by atoms with E-state index in [1.165, 1.54) is 36.8 Å². The summed E-state index contributed by atoms with van der Waals surface area (Å²) in [6.07, 6.45) is 7.97. The van der Waals surface area contributed by atoms with Crippen molar-refractivity contribution in [2.24, 2.45) is 0 Å². The lowest BCUT2D eigenvalue weighted by Gasteiger charge is -2.01. The van der Waals surface area contributed by atoms with E-state index in [0.29, 0.717) is 11.1 Å². The monoisotopic (exact) mass is 390 g/mol. The first-order valence-corrected chi connectivity index (χ1v) is 10.4. The van der Waals surface area contributed by atoms with Crippen LogP contribution in [0.15, 0.2) is 60.2 Å². The summed E-state index contributed by atoms with van der Waals surface area (Å²) >= 11 is 0. The Morgan fingerprint density at radius 1 is 0.621 bits per heavy atom. The second-order valence-corrected chi connectivity index (χ2v) is 7.08. The molecule has 150 valence electrons. The molecule has 2 aromatic carbocycles. The van der Waals surface area contributed by atoms with Crippen LogP contribution in [-0.2, 0) is 12.8 Å². The predicted octanol–water partition coefficient (Wildman–Crippen LogP) is 7.32. The Bertz CT molecular complexity index is 911. The molecule has 0 nitrogen and oxygen atoms in total. The van der Waals surface area contributed by atoms with Crippen molar-refractivity contribution < 1.29 is 8.78 Å². The van der Waals surface area contributed by atoms with Gasteiger partial charge in [0.25, 0.3) is 0 Å². The zero-order chi connectivity index (χ0) is 20.9. The third-order valence-corrected chi connectivity index (χ3v) is 4.59. The van der Waals surface area contributed by atoms with Crippen LogP contribution < -0.4 is 0 Å².